The van der Waals surface area contributed by atoms with Crippen molar-refractivity contribution in [2.75, 3.05) is 5.73 Å². The second kappa shape index (κ2) is 8.73. The van der Waals surface area contributed by atoms with Crippen LogP contribution in [0.2, 0.25) is 5.02 Å². The van der Waals surface area contributed by atoms with Crippen LogP contribution in [0.15, 0.2) is 48.7 Å². The summed E-state index contributed by atoms with van der Waals surface area (Å²) in [4.78, 5) is 24.5. The predicted molar refractivity (Wildman–Crippen MR) is 94.8 cm³/mol. The van der Waals surface area contributed by atoms with Crippen molar-refractivity contribution in [1.29, 1.82) is 0 Å². The molecule has 0 aliphatic carbocycles. The average molecular weight is 373 g/mol. The van der Waals surface area contributed by atoms with E-state index in [2.05, 4.69) is 4.98 Å². The molecule has 7 nitrogen and oxygen atoms in total. The number of H-pyrrole nitrogens is 1. The molecular weight excluding hydrogens is 355 g/mol. The highest BCUT2D eigenvalue weighted by Crippen LogP contribution is 2.26. The van der Waals surface area contributed by atoms with Crippen LogP contribution in [-0.2, 0) is 4.57 Å². The van der Waals surface area contributed by atoms with Crippen LogP contribution in [0.5, 0.6) is 5.75 Å². The van der Waals surface area contributed by atoms with Gasteiger partial charge in [0, 0.05) is 27.8 Å². The first-order valence-corrected chi connectivity index (χ1v) is 8.56. The molecule has 1 aromatic heterocycles. The number of fused-ring (bicyclic) bond motifs is 1. The van der Waals surface area contributed by atoms with Crippen LogP contribution >= 0.6 is 19.4 Å². The predicted octanol–water partition coefficient (Wildman–Crippen LogP) is 3.18. The highest BCUT2D eigenvalue weighted by Gasteiger charge is 2.01. The van der Waals surface area contributed by atoms with Crippen molar-refractivity contribution < 1.29 is 24.4 Å². The van der Waals surface area contributed by atoms with Crippen molar-refractivity contribution in [2.24, 2.45) is 0 Å². The molecule has 0 aliphatic heterocycles. The molecule has 0 spiro atoms. The number of anilines is 1. The monoisotopic (exact) mass is 372 g/mol. The highest BCUT2D eigenvalue weighted by atomic mass is 35.5. The summed E-state index contributed by atoms with van der Waals surface area (Å²) in [7, 11) is -4.64. The maximum atomic E-state index is 9.25. The molecule has 0 saturated carbocycles. The summed E-state index contributed by atoms with van der Waals surface area (Å²) in [5.74, 6) is 0.238. The molecule has 3 rings (SSSR count). The zero-order valence-electron chi connectivity index (χ0n) is 12.7. The van der Waals surface area contributed by atoms with Gasteiger partial charge in [0.15, 0.2) is 0 Å². The minimum absolute atomic E-state index is 0.238. The largest absolute Gasteiger partial charge is 0.506 e. The number of hydrogen-bond donors (Lipinski definition) is 6. The molecule has 0 amide bonds. The normalized spacial score (nSPS) is 10.4. The maximum absolute atomic E-state index is 9.25. The fraction of sp³-hybridized carbons (Fsp3) is 0.0667. The molecule has 7 N–H and O–H groups in total. The van der Waals surface area contributed by atoms with E-state index < -0.39 is 7.82 Å². The van der Waals surface area contributed by atoms with Crippen LogP contribution in [0.3, 0.4) is 0 Å². The Labute approximate surface area is 143 Å². The average Bonchev–Trinajstić information content (AvgIpc) is 2.82. The molecule has 130 valence electrons. The summed E-state index contributed by atoms with van der Waals surface area (Å²) in [6.45, 7) is 2.04. The Morgan fingerprint density at radius 3 is 2.12 bits per heavy atom. The highest BCUT2D eigenvalue weighted by molar-refractivity contribution is 7.45. The third kappa shape index (κ3) is 8.01. The van der Waals surface area contributed by atoms with E-state index in [4.69, 9.17) is 36.6 Å². The fourth-order valence-electron chi connectivity index (χ4n) is 1.64. The Morgan fingerprint density at radius 2 is 1.62 bits per heavy atom. The second-order valence-corrected chi connectivity index (χ2v) is 6.25. The van der Waals surface area contributed by atoms with E-state index >= 15 is 0 Å². The van der Waals surface area contributed by atoms with Crippen molar-refractivity contribution >= 4 is 36.0 Å². The summed E-state index contributed by atoms with van der Waals surface area (Å²) in [5.41, 5.74) is 8.40. The molecule has 1 heterocycles. The Hall–Kier alpha value is -2.02. The first-order chi connectivity index (χ1) is 11.1. The number of aromatic amines is 1. The summed E-state index contributed by atoms with van der Waals surface area (Å²) >= 11 is 5.72. The standard InChI is InChI=1S/C8H6ClNO.C7H9N.H3O4P/c9-5-1-2-7-6(3-5)8(11)4-10-7;1-6-2-4-7(8)5-3-6;1-5(2,3)4/h1-4,10-11H;2-5H,8H2,1H3;(H3,1,2,3,4). The van der Waals surface area contributed by atoms with Crippen LogP contribution in [0.4, 0.5) is 5.69 Å². The van der Waals surface area contributed by atoms with Gasteiger partial charge in [0.05, 0.1) is 0 Å². The van der Waals surface area contributed by atoms with Gasteiger partial charge in [0.2, 0.25) is 0 Å². The van der Waals surface area contributed by atoms with Crippen molar-refractivity contribution in [3.63, 3.8) is 0 Å². The van der Waals surface area contributed by atoms with Crippen LogP contribution in [0.25, 0.3) is 10.9 Å². The molecule has 2 aromatic carbocycles. The van der Waals surface area contributed by atoms with Gasteiger partial charge in [-0.2, -0.15) is 0 Å². The van der Waals surface area contributed by atoms with Gasteiger partial charge in [-0.1, -0.05) is 29.3 Å². The molecule has 24 heavy (non-hydrogen) atoms. The number of aromatic nitrogens is 1. The molecule has 0 bridgehead atoms. The number of nitrogens with two attached hydrogens (primary N) is 1. The molecule has 3 aromatic rings. The topological polar surface area (TPSA) is 140 Å². The number of halogens is 1. The van der Waals surface area contributed by atoms with Gasteiger partial charge >= 0.3 is 7.82 Å². The minimum atomic E-state index is -4.64. The SMILES string of the molecule is Cc1ccc(N)cc1.O=P(O)(O)O.Oc1c[nH]c2ccc(Cl)cc12. The zero-order valence-corrected chi connectivity index (χ0v) is 14.4. The summed E-state index contributed by atoms with van der Waals surface area (Å²) in [5, 5.41) is 10.6. The van der Waals surface area contributed by atoms with Crippen molar-refractivity contribution in [2.45, 2.75) is 6.92 Å². The quantitative estimate of drug-likeness (QED) is 0.264. The van der Waals surface area contributed by atoms with E-state index in [1.807, 2.05) is 37.3 Å². The molecule has 9 heteroatoms. The smallest absolute Gasteiger partial charge is 0.466 e. The molecule has 0 fully saturated rings. The van der Waals surface area contributed by atoms with E-state index in [9.17, 15) is 5.11 Å². The molecule has 0 aliphatic rings. The second-order valence-electron chi connectivity index (χ2n) is 4.79. The van der Waals surface area contributed by atoms with Gasteiger partial charge in [-0.05, 0) is 37.3 Å². The lowest BCUT2D eigenvalue weighted by Crippen LogP contribution is -1.81. The van der Waals surface area contributed by atoms with E-state index in [-0.39, 0.29) is 5.75 Å². The number of phosphoric acid groups is 1. The van der Waals surface area contributed by atoms with Gasteiger partial charge in [-0.25, -0.2) is 4.57 Å². The van der Waals surface area contributed by atoms with Crippen molar-refractivity contribution in [1.82, 2.24) is 4.98 Å². The van der Waals surface area contributed by atoms with E-state index in [1.165, 1.54) is 5.56 Å². The molecule has 0 saturated heterocycles. The van der Waals surface area contributed by atoms with E-state index in [1.54, 1.807) is 18.3 Å². The number of nitrogens with one attached hydrogen (secondary N) is 1. The first-order valence-electron chi connectivity index (χ1n) is 6.62. The Balaban J connectivity index is 0.000000196. The van der Waals surface area contributed by atoms with Gasteiger partial charge in [0.25, 0.3) is 0 Å². The van der Waals surface area contributed by atoms with Gasteiger partial charge in [-0.3, -0.25) is 0 Å². The van der Waals surface area contributed by atoms with E-state index in [0.29, 0.717) is 5.02 Å². The van der Waals surface area contributed by atoms with Crippen molar-refractivity contribution in [3.8, 4) is 5.75 Å². The Bertz CT molecular complexity index is 800. The van der Waals surface area contributed by atoms with Gasteiger partial charge in [-0.15, -0.1) is 0 Å². The number of hydrogen-bond acceptors (Lipinski definition) is 3. The molecular formula is C15H18ClN2O5P. The lowest BCUT2D eigenvalue weighted by atomic mass is 10.2. The number of benzene rings is 2. The maximum Gasteiger partial charge on any atom is 0.466 e. The lowest BCUT2D eigenvalue weighted by Gasteiger charge is -1.90. The third-order valence-corrected chi connectivity index (χ3v) is 2.93. The number of nitrogen functional groups attached to an aromatic ring is 1. The fourth-order valence-corrected chi connectivity index (χ4v) is 1.82. The van der Waals surface area contributed by atoms with Crippen LogP contribution < -0.4 is 5.73 Å². The minimum Gasteiger partial charge on any atom is -0.506 e. The summed E-state index contributed by atoms with van der Waals surface area (Å²) < 4.78 is 8.88. The number of rotatable bonds is 0. The Morgan fingerprint density at radius 1 is 1.08 bits per heavy atom. The van der Waals surface area contributed by atoms with Crippen LogP contribution in [0.1, 0.15) is 5.56 Å². The van der Waals surface area contributed by atoms with Crippen molar-refractivity contribution in [3.05, 3.63) is 59.2 Å². The number of aryl methyl sites for hydroxylation is 1. The van der Waals surface area contributed by atoms with Gasteiger partial charge < -0.3 is 30.5 Å². The zero-order chi connectivity index (χ0) is 18.3. The van der Waals surface area contributed by atoms with Crippen LogP contribution in [0, 0.1) is 6.92 Å². The first kappa shape index (κ1) is 20.0. The van der Waals surface area contributed by atoms with Crippen LogP contribution in [-0.4, -0.2) is 24.8 Å². The lowest BCUT2D eigenvalue weighted by molar-refractivity contribution is 0.275. The number of aromatic hydroxyl groups is 1. The molecule has 0 atom stereocenters. The van der Waals surface area contributed by atoms with E-state index in [0.717, 1.165) is 16.6 Å². The summed E-state index contributed by atoms with van der Waals surface area (Å²) in [6, 6.07) is 13.1. The third-order valence-electron chi connectivity index (χ3n) is 2.70. The molecule has 0 unspecified atom stereocenters. The summed E-state index contributed by atoms with van der Waals surface area (Å²) in [6.07, 6.45) is 1.54. The van der Waals surface area contributed by atoms with Gasteiger partial charge in [0.1, 0.15) is 5.75 Å². The Kier molecular flexibility index (Phi) is 7.28. The molecule has 0 radical (unpaired) electrons.